The van der Waals surface area contributed by atoms with Gasteiger partial charge in [-0.25, -0.2) is 0 Å². The molecule has 0 saturated carbocycles. The van der Waals surface area contributed by atoms with Gasteiger partial charge in [-0.2, -0.15) is 0 Å². The van der Waals surface area contributed by atoms with Crippen molar-refractivity contribution in [3.63, 3.8) is 0 Å². The van der Waals surface area contributed by atoms with E-state index in [1.807, 2.05) is 30.8 Å². The van der Waals surface area contributed by atoms with E-state index in [1.165, 1.54) is 0 Å². The fourth-order valence-corrected chi connectivity index (χ4v) is 2.83. The van der Waals surface area contributed by atoms with Gasteiger partial charge in [0, 0.05) is 25.1 Å². The van der Waals surface area contributed by atoms with Gasteiger partial charge in [-0.1, -0.05) is 18.2 Å². The minimum Gasteiger partial charge on any atom is -0.399 e. The van der Waals surface area contributed by atoms with E-state index < -0.39 is 8.56 Å². The maximum Gasteiger partial charge on any atom is 0.370 e. The van der Waals surface area contributed by atoms with Crippen molar-refractivity contribution < 1.29 is 8.85 Å². The molecule has 0 fully saturated rings. The normalized spacial score (nSPS) is 11.6. The third-order valence-electron chi connectivity index (χ3n) is 2.23. The molecule has 0 saturated heterocycles. The van der Waals surface area contributed by atoms with E-state index in [9.17, 15) is 0 Å². The minimum atomic E-state index is -2.24. The summed E-state index contributed by atoms with van der Waals surface area (Å²) in [6, 6.07) is 7.65. The van der Waals surface area contributed by atoms with Crippen LogP contribution in [0.1, 0.15) is 0 Å². The van der Waals surface area contributed by atoms with Crippen molar-refractivity contribution in [3.8, 4) is 0 Å². The molecule has 0 aliphatic carbocycles. The molecule has 0 aromatic heterocycles. The van der Waals surface area contributed by atoms with E-state index in [2.05, 4.69) is 0 Å². The van der Waals surface area contributed by atoms with Crippen LogP contribution in [0.4, 0.5) is 5.69 Å². The van der Waals surface area contributed by atoms with E-state index in [0.717, 1.165) is 10.9 Å². The molecule has 1 aromatic rings. The second-order valence-electron chi connectivity index (χ2n) is 2.94. The van der Waals surface area contributed by atoms with E-state index >= 15 is 0 Å². The van der Waals surface area contributed by atoms with Crippen molar-refractivity contribution in [2.45, 2.75) is 6.55 Å². The Morgan fingerprint density at radius 2 is 1.69 bits per heavy atom. The lowest BCUT2D eigenvalue weighted by molar-refractivity contribution is 0.265. The molecule has 0 spiro atoms. The van der Waals surface area contributed by atoms with E-state index in [-0.39, 0.29) is 0 Å². The first-order valence-electron chi connectivity index (χ1n) is 4.09. The molecule has 0 unspecified atom stereocenters. The van der Waals surface area contributed by atoms with E-state index in [4.69, 9.17) is 14.6 Å². The Morgan fingerprint density at radius 3 is 2.15 bits per heavy atom. The number of hydrogen-bond donors (Lipinski definition) is 1. The van der Waals surface area contributed by atoms with Gasteiger partial charge >= 0.3 is 8.56 Å². The average molecular weight is 197 g/mol. The first-order valence-corrected chi connectivity index (χ1v) is 6.41. The van der Waals surface area contributed by atoms with Gasteiger partial charge in [0.2, 0.25) is 0 Å². The third-order valence-corrected chi connectivity index (χ3v) is 5.22. The molecule has 72 valence electrons. The van der Waals surface area contributed by atoms with Crippen molar-refractivity contribution in [2.75, 3.05) is 20.0 Å². The highest BCUT2D eigenvalue weighted by molar-refractivity contribution is 6.81. The Kier molecular flexibility index (Phi) is 3.08. The highest BCUT2D eigenvalue weighted by Gasteiger charge is 2.33. The predicted molar refractivity (Wildman–Crippen MR) is 56.1 cm³/mol. The molecule has 1 rings (SSSR count). The summed E-state index contributed by atoms with van der Waals surface area (Å²) in [5, 5.41) is 0.986. The molecule has 3 nitrogen and oxygen atoms in total. The molecule has 4 heteroatoms. The van der Waals surface area contributed by atoms with Crippen LogP contribution in [-0.2, 0) is 8.85 Å². The van der Waals surface area contributed by atoms with Crippen molar-refractivity contribution in [2.24, 2.45) is 0 Å². The lowest BCUT2D eigenvalue weighted by Gasteiger charge is -2.24. The highest BCUT2D eigenvalue weighted by atomic mass is 28.4. The highest BCUT2D eigenvalue weighted by Crippen LogP contribution is 2.09. The number of para-hydroxylation sites is 1. The van der Waals surface area contributed by atoms with Crippen LogP contribution in [0.2, 0.25) is 6.55 Å². The number of nitrogen functional groups attached to an aromatic ring is 1. The van der Waals surface area contributed by atoms with Gasteiger partial charge < -0.3 is 14.6 Å². The molecule has 13 heavy (non-hydrogen) atoms. The Morgan fingerprint density at radius 1 is 1.15 bits per heavy atom. The maximum atomic E-state index is 5.83. The third kappa shape index (κ3) is 1.91. The smallest absolute Gasteiger partial charge is 0.370 e. The molecular formula is C9H15NO2Si. The monoisotopic (exact) mass is 197 g/mol. The summed E-state index contributed by atoms with van der Waals surface area (Å²) in [7, 11) is 1.07. The summed E-state index contributed by atoms with van der Waals surface area (Å²) in [5.41, 5.74) is 6.57. The molecule has 0 radical (unpaired) electrons. The first-order chi connectivity index (χ1) is 6.14. The zero-order valence-electron chi connectivity index (χ0n) is 8.20. The van der Waals surface area contributed by atoms with E-state index in [1.54, 1.807) is 14.2 Å². The van der Waals surface area contributed by atoms with Gasteiger partial charge in [0.05, 0.1) is 0 Å². The Hall–Kier alpha value is -0.843. The Bertz CT molecular complexity index is 287. The minimum absolute atomic E-state index is 0.736. The predicted octanol–water partition coefficient (Wildman–Crippen LogP) is 0.841. The quantitative estimate of drug-likeness (QED) is 0.577. The largest absolute Gasteiger partial charge is 0.399 e. The Balaban J connectivity index is 3.12. The van der Waals surface area contributed by atoms with Gasteiger partial charge in [0.15, 0.2) is 0 Å². The fraction of sp³-hybridized carbons (Fsp3) is 0.333. The van der Waals surface area contributed by atoms with Crippen molar-refractivity contribution in [3.05, 3.63) is 24.3 Å². The molecule has 2 N–H and O–H groups in total. The molecular weight excluding hydrogens is 182 g/mol. The lowest BCUT2D eigenvalue weighted by atomic mass is 10.3. The molecule has 0 amide bonds. The van der Waals surface area contributed by atoms with Crippen molar-refractivity contribution in [1.82, 2.24) is 0 Å². The molecule has 0 aliphatic heterocycles. The summed E-state index contributed by atoms with van der Waals surface area (Å²) in [4.78, 5) is 0. The lowest BCUT2D eigenvalue weighted by Crippen LogP contribution is -2.50. The maximum absolute atomic E-state index is 5.83. The molecule has 1 aromatic carbocycles. The van der Waals surface area contributed by atoms with Crippen LogP contribution in [0.25, 0.3) is 0 Å². The second-order valence-corrected chi connectivity index (χ2v) is 6.19. The number of rotatable bonds is 3. The number of anilines is 1. The van der Waals surface area contributed by atoms with Crippen LogP contribution in [-0.4, -0.2) is 22.8 Å². The van der Waals surface area contributed by atoms with Crippen LogP contribution in [0.3, 0.4) is 0 Å². The molecule has 0 bridgehead atoms. The van der Waals surface area contributed by atoms with Crippen LogP contribution in [0.5, 0.6) is 0 Å². The van der Waals surface area contributed by atoms with Crippen LogP contribution in [0.15, 0.2) is 24.3 Å². The summed E-state index contributed by atoms with van der Waals surface area (Å²) < 4.78 is 10.8. The Labute approximate surface area is 79.7 Å². The van der Waals surface area contributed by atoms with E-state index in [0.29, 0.717) is 0 Å². The summed E-state index contributed by atoms with van der Waals surface area (Å²) in [6.07, 6.45) is 0. The SMILES string of the molecule is CO[Si](C)(OC)c1ccccc1N. The topological polar surface area (TPSA) is 44.5 Å². The van der Waals surface area contributed by atoms with Crippen molar-refractivity contribution >= 4 is 19.4 Å². The van der Waals surface area contributed by atoms with Gasteiger partial charge in [0.25, 0.3) is 0 Å². The summed E-state index contributed by atoms with van der Waals surface area (Å²) in [6.45, 7) is 1.97. The fourth-order valence-electron chi connectivity index (χ4n) is 1.21. The van der Waals surface area contributed by atoms with Gasteiger partial charge in [0.1, 0.15) is 0 Å². The zero-order valence-corrected chi connectivity index (χ0v) is 9.20. The summed E-state index contributed by atoms with van der Waals surface area (Å²) >= 11 is 0. The number of nitrogens with two attached hydrogens (primary N) is 1. The second kappa shape index (κ2) is 3.91. The van der Waals surface area contributed by atoms with Crippen LogP contribution < -0.4 is 10.9 Å². The van der Waals surface area contributed by atoms with Gasteiger partial charge in [-0.15, -0.1) is 0 Å². The molecule has 0 atom stereocenters. The average Bonchev–Trinajstić information content (AvgIpc) is 2.17. The zero-order chi connectivity index (χ0) is 9.90. The molecule has 0 aliphatic rings. The number of benzene rings is 1. The molecule has 0 heterocycles. The first kappa shape index (κ1) is 10.2. The van der Waals surface area contributed by atoms with Gasteiger partial charge in [-0.3, -0.25) is 0 Å². The number of hydrogen-bond acceptors (Lipinski definition) is 3. The van der Waals surface area contributed by atoms with Crippen molar-refractivity contribution in [1.29, 1.82) is 0 Å². The standard InChI is InChI=1S/C9H15NO2Si/c1-11-13(3,12-2)9-7-5-4-6-8(9)10/h4-7H,10H2,1-3H3. The van der Waals surface area contributed by atoms with Crippen LogP contribution >= 0.6 is 0 Å². The van der Waals surface area contributed by atoms with Crippen LogP contribution in [0, 0.1) is 0 Å². The van der Waals surface area contributed by atoms with Gasteiger partial charge in [-0.05, 0) is 12.6 Å². The summed E-state index contributed by atoms with van der Waals surface area (Å²) in [5.74, 6) is 0.